The number of carbonyl (C=O) groups excluding carboxylic acids is 1. The van der Waals surface area contributed by atoms with Crippen molar-refractivity contribution < 1.29 is 32.3 Å². The summed E-state index contributed by atoms with van der Waals surface area (Å²) < 4.78 is 54.3. The Bertz CT molecular complexity index is 1300. The first-order valence-corrected chi connectivity index (χ1v) is 10.7. The number of halogens is 6. The van der Waals surface area contributed by atoms with Crippen LogP contribution in [-0.2, 0) is 17.5 Å². The lowest BCUT2D eigenvalue weighted by atomic mass is 9.79. The summed E-state index contributed by atoms with van der Waals surface area (Å²) in [5.74, 6) is -4.24. The van der Waals surface area contributed by atoms with Gasteiger partial charge in [-0.25, -0.2) is 4.39 Å². The number of amides is 1. The molecule has 1 aliphatic heterocycles. The molecular formula is C24H15Cl2F4NO3. The van der Waals surface area contributed by atoms with Crippen molar-refractivity contribution >= 4 is 35.1 Å². The number of hydrogen-bond donors (Lipinski definition) is 1. The van der Waals surface area contributed by atoms with Crippen molar-refractivity contribution in [3.05, 3.63) is 104 Å². The van der Waals surface area contributed by atoms with Gasteiger partial charge in [0.1, 0.15) is 11.7 Å². The van der Waals surface area contributed by atoms with E-state index in [1.165, 1.54) is 36.4 Å². The van der Waals surface area contributed by atoms with Gasteiger partial charge in [0.2, 0.25) is 0 Å². The van der Waals surface area contributed by atoms with Crippen molar-refractivity contribution in [1.82, 2.24) is 4.90 Å². The van der Waals surface area contributed by atoms with Crippen LogP contribution in [0.4, 0.5) is 17.6 Å². The highest BCUT2D eigenvalue weighted by molar-refractivity contribution is 6.35. The molecule has 4 rings (SSSR count). The first-order chi connectivity index (χ1) is 16.0. The summed E-state index contributed by atoms with van der Waals surface area (Å²) in [4.78, 5) is 26.9. The van der Waals surface area contributed by atoms with Crippen LogP contribution in [0.25, 0.3) is 0 Å². The van der Waals surface area contributed by atoms with E-state index in [0.29, 0.717) is 18.2 Å². The lowest BCUT2D eigenvalue weighted by molar-refractivity contribution is -0.140. The first kappa shape index (κ1) is 24.0. The van der Waals surface area contributed by atoms with Gasteiger partial charge in [-0.15, -0.1) is 0 Å². The standard InChI is InChI=1S/C24H15Cl2F4NO3/c25-14-6-7-17(18(26)10-14)21-20(23(33)34)15-3-1-2-4-16(15)22(32)31(21)11-12-9-13(24(28,29)30)5-8-19(12)27/h1-10,20-21H,11H2,(H,33,34). The van der Waals surface area contributed by atoms with Gasteiger partial charge in [-0.1, -0.05) is 47.5 Å². The van der Waals surface area contributed by atoms with Crippen LogP contribution in [0.1, 0.15) is 44.6 Å². The van der Waals surface area contributed by atoms with Gasteiger partial charge in [0.05, 0.1) is 11.6 Å². The molecular weight excluding hydrogens is 497 g/mol. The molecule has 10 heteroatoms. The molecule has 0 aliphatic carbocycles. The van der Waals surface area contributed by atoms with Gasteiger partial charge in [0.25, 0.3) is 5.91 Å². The second-order valence-electron chi connectivity index (χ2n) is 7.75. The number of rotatable bonds is 4. The summed E-state index contributed by atoms with van der Waals surface area (Å²) in [6.45, 7) is -0.615. The van der Waals surface area contributed by atoms with Crippen molar-refractivity contribution in [1.29, 1.82) is 0 Å². The monoisotopic (exact) mass is 511 g/mol. The van der Waals surface area contributed by atoms with E-state index in [4.69, 9.17) is 23.2 Å². The summed E-state index contributed by atoms with van der Waals surface area (Å²) in [6, 6.07) is 10.9. The van der Waals surface area contributed by atoms with E-state index in [2.05, 4.69) is 0 Å². The summed E-state index contributed by atoms with van der Waals surface area (Å²) in [6.07, 6.45) is -4.73. The molecule has 0 radical (unpaired) electrons. The molecule has 34 heavy (non-hydrogen) atoms. The van der Waals surface area contributed by atoms with Crippen LogP contribution in [0.3, 0.4) is 0 Å². The largest absolute Gasteiger partial charge is 0.481 e. The number of hydrogen-bond acceptors (Lipinski definition) is 2. The Kier molecular flexibility index (Phi) is 6.31. The summed E-state index contributed by atoms with van der Waals surface area (Å²) in [7, 11) is 0. The van der Waals surface area contributed by atoms with Gasteiger partial charge < -0.3 is 10.0 Å². The van der Waals surface area contributed by atoms with Crippen LogP contribution in [0.15, 0.2) is 60.7 Å². The Balaban J connectivity index is 1.92. The number of alkyl halides is 3. The van der Waals surface area contributed by atoms with Gasteiger partial charge in [0, 0.05) is 27.7 Å². The Morgan fingerprint density at radius 3 is 2.35 bits per heavy atom. The molecule has 3 aromatic carbocycles. The molecule has 0 saturated heterocycles. The van der Waals surface area contributed by atoms with Crippen molar-refractivity contribution in [2.45, 2.75) is 24.7 Å². The molecule has 1 amide bonds. The number of aliphatic carboxylic acids is 1. The molecule has 4 nitrogen and oxygen atoms in total. The van der Waals surface area contributed by atoms with Gasteiger partial charge >= 0.3 is 12.1 Å². The quantitative estimate of drug-likeness (QED) is 0.395. The SMILES string of the molecule is O=C(O)C1c2ccccc2C(=O)N(Cc2cc(C(F)(F)F)ccc2F)C1c1ccc(Cl)cc1Cl. The average molecular weight is 512 g/mol. The fourth-order valence-corrected chi connectivity index (χ4v) is 4.70. The summed E-state index contributed by atoms with van der Waals surface area (Å²) >= 11 is 12.3. The molecule has 0 fully saturated rings. The van der Waals surface area contributed by atoms with E-state index in [9.17, 15) is 32.3 Å². The Hall–Kier alpha value is -3.10. The molecule has 3 aromatic rings. The maximum Gasteiger partial charge on any atom is 0.416 e. The highest BCUT2D eigenvalue weighted by Crippen LogP contribution is 2.46. The van der Waals surface area contributed by atoms with Crippen LogP contribution < -0.4 is 0 Å². The van der Waals surface area contributed by atoms with Crippen molar-refractivity contribution in [3.8, 4) is 0 Å². The number of carbonyl (C=O) groups is 2. The zero-order chi connectivity index (χ0) is 24.8. The van der Waals surface area contributed by atoms with Gasteiger partial charge in [-0.2, -0.15) is 13.2 Å². The molecule has 1 N–H and O–H groups in total. The maximum atomic E-state index is 14.6. The molecule has 1 aliphatic rings. The van der Waals surface area contributed by atoms with Crippen LogP contribution >= 0.6 is 23.2 Å². The van der Waals surface area contributed by atoms with Gasteiger partial charge in [-0.3, -0.25) is 9.59 Å². The summed E-state index contributed by atoms with van der Waals surface area (Å²) in [5, 5.41) is 10.4. The lowest BCUT2D eigenvalue weighted by Crippen LogP contribution is -2.44. The van der Waals surface area contributed by atoms with E-state index in [1.807, 2.05) is 0 Å². The first-order valence-electron chi connectivity index (χ1n) is 9.92. The summed E-state index contributed by atoms with van der Waals surface area (Å²) in [5.41, 5.74) is -1.01. The Labute approximate surface area is 201 Å². The van der Waals surface area contributed by atoms with Gasteiger partial charge in [-0.05, 0) is 47.5 Å². The normalized spacial score (nSPS) is 18.1. The third-order valence-corrected chi connectivity index (χ3v) is 6.26. The fourth-order valence-electron chi connectivity index (χ4n) is 4.18. The Morgan fingerprint density at radius 2 is 1.71 bits per heavy atom. The minimum atomic E-state index is -4.73. The molecule has 1 heterocycles. The third-order valence-electron chi connectivity index (χ3n) is 5.70. The van der Waals surface area contributed by atoms with Gasteiger partial charge in [0.15, 0.2) is 0 Å². The van der Waals surface area contributed by atoms with E-state index in [-0.39, 0.29) is 26.7 Å². The second-order valence-corrected chi connectivity index (χ2v) is 8.59. The smallest absolute Gasteiger partial charge is 0.416 e. The van der Waals surface area contributed by atoms with Crippen LogP contribution in [-0.4, -0.2) is 21.9 Å². The Morgan fingerprint density at radius 1 is 1.00 bits per heavy atom. The molecule has 0 spiro atoms. The van der Waals surface area contributed by atoms with Crippen molar-refractivity contribution in [2.75, 3.05) is 0 Å². The molecule has 2 unspecified atom stereocenters. The molecule has 176 valence electrons. The highest BCUT2D eigenvalue weighted by Gasteiger charge is 2.45. The number of nitrogens with zero attached hydrogens (tertiary/aromatic N) is 1. The average Bonchev–Trinajstić information content (AvgIpc) is 2.76. The predicted molar refractivity (Wildman–Crippen MR) is 117 cm³/mol. The second kappa shape index (κ2) is 8.92. The number of carboxylic acid groups (broad SMARTS) is 1. The van der Waals surface area contributed by atoms with E-state index >= 15 is 0 Å². The topological polar surface area (TPSA) is 57.6 Å². The van der Waals surface area contributed by atoms with E-state index in [1.54, 1.807) is 6.07 Å². The number of carboxylic acids is 1. The van der Waals surface area contributed by atoms with Crippen molar-refractivity contribution in [3.63, 3.8) is 0 Å². The fraction of sp³-hybridized carbons (Fsp3) is 0.167. The molecule has 0 bridgehead atoms. The molecule has 0 aromatic heterocycles. The molecule has 0 saturated carbocycles. The molecule has 2 atom stereocenters. The predicted octanol–water partition coefficient (Wildman–Crippen LogP) is 6.72. The lowest BCUT2D eigenvalue weighted by Gasteiger charge is -2.41. The van der Waals surface area contributed by atoms with Crippen LogP contribution in [0.5, 0.6) is 0 Å². The third kappa shape index (κ3) is 4.35. The maximum absolute atomic E-state index is 14.6. The van der Waals surface area contributed by atoms with Crippen molar-refractivity contribution in [2.24, 2.45) is 0 Å². The zero-order valence-electron chi connectivity index (χ0n) is 17.1. The zero-order valence-corrected chi connectivity index (χ0v) is 18.6. The highest BCUT2D eigenvalue weighted by atomic mass is 35.5. The number of fused-ring (bicyclic) bond motifs is 1. The minimum absolute atomic E-state index is 0.0589. The number of benzene rings is 3. The van der Waals surface area contributed by atoms with Crippen LogP contribution in [0.2, 0.25) is 10.0 Å². The van der Waals surface area contributed by atoms with Crippen LogP contribution in [0, 0.1) is 5.82 Å². The van der Waals surface area contributed by atoms with E-state index < -0.39 is 53.5 Å². The van der Waals surface area contributed by atoms with E-state index in [0.717, 1.165) is 4.90 Å². The minimum Gasteiger partial charge on any atom is -0.481 e.